The number of aliphatic hydroxyl groups is 1. The molecule has 4 N–H and O–H groups in total. The Balaban J connectivity index is 1.39. The number of nitrogens with one attached hydrogen (secondary N) is 3. The van der Waals surface area contributed by atoms with Crippen LogP contribution in [0.25, 0.3) is 11.3 Å². The highest BCUT2D eigenvalue weighted by Gasteiger charge is 2.18. The Hall–Kier alpha value is -3.43. The van der Waals surface area contributed by atoms with Crippen molar-refractivity contribution in [3.63, 3.8) is 0 Å². The van der Waals surface area contributed by atoms with E-state index in [1.807, 2.05) is 37.3 Å². The summed E-state index contributed by atoms with van der Waals surface area (Å²) < 4.78 is 11.0. The Morgan fingerprint density at radius 1 is 1.38 bits per heavy atom. The van der Waals surface area contributed by atoms with E-state index in [1.54, 1.807) is 18.5 Å². The minimum atomic E-state index is -0.667. The molecule has 2 unspecified atom stereocenters. The lowest BCUT2D eigenvalue weighted by Gasteiger charge is -2.15. The normalized spacial score (nSPS) is 16.5. The maximum Gasteiger partial charge on any atom is 0.414 e. The average molecular weight is 438 g/mol. The van der Waals surface area contributed by atoms with Crippen LogP contribution in [0.15, 0.2) is 48.8 Å². The Kier molecular flexibility index (Phi) is 6.98. The number of carbonyl (C=O) groups is 1. The van der Waals surface area contributed by atoms with Gasteiger partial charge in [0.2, 0.25) is 11.8 Å². The highest BCUT2D eigenvalue weighted by molar-refractivity contribution is 5.72. The first-order valence-corrected chi connectivity index (χ1v) is 10.6. The predicted octanol–water partition coefficient (Wildman–Crippen LogP) is 3.19. The number of ether oxygens (including phenoxy) is 2. The summed E-state index contributed by atoms with van der Waals surface area (Å²) in [6, 6.07) is 10.4. The van der Waals surface area contributed by atoms with Gasteiger partial charge in [0.05, 0.1) is 24.4 Å². The van der Waals surface area contributed by atoms with Crippen molar-refractivity contribution in [1.82, 2.24) is 20.3 Å². The maximum absolute atomic E-state index is 12.3. The molecule has 0 aliphatic carbocycles. The van der Waals surface area contributed by atoms with Crippen molar-refractivity contribution < 1.29 is 19.4 Å². The van der Waals surface area contributed by atoms with Gasteiger partial charge in [0.1, 0.15) is 0 Å². The summed E-state index contributed by atoms with van der Waals surface area (Å²) in [4.78, 5) is 24.2. The summed E-state index contributed by atoms with van der Waals surface area (Å²) in [5.74, 6) is 0.797. The van der Waals surface area contributed by atoms with Crippen molar-refractivity contribution in [2.24, 2.45) is 0 Å². The molecule has 3 heterocycles. The molecular weight excluding hydrogens is 410 g/mol. The van der Waals surface area contributed by atoms with Gasteiger partial charge in [-0.1, -0.05) is 30.3 Å². The lowest BCUT2D eigenvalue weighted by Crippen LogP contribution is -2.33. The van der Waals surface area contributed by atoms with Crippen LogP contribution in [0.5, 0.6) is 5.88 Å². The van der Waals surface area contributed by atoms with Gasteiger partial charge in [-0.2, -0.15) is 0 Å². The Bertz CT molecular complexity index is 1030. The summed E-state index contributed by atoms with van der Waals surface area (Å²) in [5.41, 5.74) is 3.19. The van der Waals surface area contributed by atoms with Crippen LogP contribution in [0, 0.1) is 6.92 Å². The van der Waals surface area contributed by atoms with E-state index in [0.29, 0.717) is 12.5 Å². The molecule has 4 rings (SSSR count). The van der Waals surface area contributed by atoms with Crippen molar-refractivity contribution in [1.29, 1.82) is 0 Å². The number of aromatic nitrogens is 3. The lowest BCUT2D eigenvalue weighted by molar-refractivity contribution is 0.120. The molecule has 0 bridgehead atoms. The molecular formula is C23H27N5O4. The van der Waals surface area contributed by atoms with E-state index >= 15 is 0 Å². The number of aryl methyl sites for hydroxylation is 1. The molecule has 1 saturated heterocycles. The summed E-state index contributed by atoms with van der Waals surface area (Å²) >= 11 is 0. The average Bonchev–Trinajstić information content (AvgIpc) is 3.50. The molecule has 168 valence electrons. The van der Waals surface area contributed by atoms with Crippen LogP contribution in [0.3, 0.4) is 0 Å². The van der Waals surface area contributed by atoms with E-state index in [2.05, 4.69) is 25.6 Å². The van der Waals surface area contributed by atoms with Crippen LogP contribution < -0.4 is 15.4 Å². The molecule has 1 fully saturated rings. The fraction of sp³-hybridized carbons (Fsp3) is 0.348. The lowest BCUT2D eigenvalue weighted by atomic mass is 10.1. The monoisotopic (exact) mass is 437 g/mol. The second-order valence-electron chi connectivity index (χ2n) is 7.67. The number of rotatable bonds is 8. The molecule has 1 amide bonds. The van der Waals surface area contributed by atoms with Crippen LogP contribution >= 0.6 is 0 Å². The van der Waals surface area contributed by atoms with E-state index in [-0.39, 0.29) is 18.6 Å². The highest BCUT2D eigenvalue weighted by atomic mass is 16.6. The third-order valence-corrected chi connectivity index (χ3v) is 5.29. The summed E-state index contributed by atoms with van der Waals surface area (Å²) in [6.45, 7) is 3.15. The summed E-state index contributed by atoms with van der Waals surface area (Å²) in [5, 5.41) is 15.5. The smallest absolute Gasteiger partial charge is 0.394 e. The molecule has 0 saturated carbocycles. The number of amides is 1. The van der Waals surface area contributed by atoms with Crippen LogP contribution in [0.1, 0.15) is 30.0 Å². The third-order valence-electron chi connectivity index (χ3n) is 5.29. The first-order chi connectivity index (χ1) is 15.6. The molecule has 9 nitrogen and oxygen atoms in total. The molecule has 9 heteroatoms. The zero-order valence-electron chi connectivity index (χ0n) is 17.9. The van der Waals surface area contributed by atoms with E-state index in [4.69, 9.17) is 9.47 Å². The number of carbonyl (C=O) groups excluding carboxylic acids is 1. The SMILES string of the molecule is Cc1cnc(NCC2CCCO2)nc1-c1c[nH]c(OC(=O)NC(CO)c2ccccc2)c1. The molecule has 0 radical (unpaired) electrons. The largest absolute Gasteiger partial charge is 0.414 e. The number of aliphatic hydroxyl groups excluding tert-OH is 1. The second-order valence-corrected chi connectivity index (χ2v) is 7.67. The quantitative estimate of drug-likeness (QED) is 0.427. The molecule has 1 aliphatic heterocycles. The van der Waals surface area contributed by atoms with Crippen LogP contribution in [0.2, 0.25) is 0 Å². The standard InChI is InChI=1S/C23H27N5O4/c1-15-11-25-22(26-13-18-8-5-9-31-18)28-21(15)17-10-20(24-12-17)32-23(30)27-19(14-29)16-6-3-2-4-7-16/h2-4,6-7,10-12,18-19,24,29H,5,8-9,13-14H2,1H3,(H,27,30)(H,25,26,28). The Morgan fingerprint density at radius 2 is 2.22 bits per heavy atom. The van der Waals surface area contributed by atoms with Crippen LogP contribution in [-0.4, -0.2) is 52.0 Å². The van der Waals surface area contributed by atoms with E-state index in [9.17, 15) is 9.90 Å². The Morgan fingerprint density at radius 3 is 2.97 bits per heavy atom. The van der Waals surface area contributed by atoms with Crippen LogP contribution in [0.4, 0.5) is 10.7 Å². The number of hydrogen-bond acceptors (Lipinski definition) is 7. The van der Waals surface area contributed by atoms with Gasteiger partial charge in [-0.25, -0.2) is 14.8 Å². The molecule has 32 heavy (non-hydrogen) atoms. The van der Waals surface area contributed by atoms with Crippen molar-refractivity contribution in [2.75, 3.05) is 25.1 Å². The minimum Gasteiger partial charge on any atom is -0.394 e. The van der Waals surface area contributed by atoms with Gasteiger partial charge in [-0.05, 0) is 30.9 Å². The van der Waals surface area contributed by atoms with Crippen molar-refractivity contribution >= 4 is 12.0 Å². The van der Waals surface area contributed by atoms with E-state index in [0.717, 1.165) is 41.8 Å². The number of nitrogens with zero attached hydrogens (tertiary/aromatic N) is 2. The van der Waals surface area contributed by atoms with E-state index in [1.165, 1.54) is 0 Å². The van der Waals surface area contributed by atoms with Gasteiger partial charge in [-0.15, -0.1) is 0 Å². The Labute approximate surface area is 186 Å². The topological polar surface area (TPSA) is 121 Å². The van der Waals surface area contributed by atoms with Gasteiger partial charge < -0.3 is 30.2 Å². The molecule has 1 aromatic carbocycles. The zero-order chi connectivity index (χ0) is 22.3. The fourth-order valence-electron chi connectivity index (χ4n) is 3.59. The number of benzene rings is 1. The van der Waals surface area contributed by atoms with Gasteiger partial charge in [-0.3, -0.25) is 0 Å². The molecule has 2 aromatic heterocycles. The summed E-state index contributed by atoms with van der Waals surface area (Å²) in [6.07, 6.45) is 5.12. The molecule has 1 aliphatic rings. The number of anilines is 1. The molecule has 0 spiro atoms. The first kappa shape index (κ1) is 21.8. The minimum absolute atomic E-state index is 0.188. The van der Waals surface area contributed by atoms with Gasteiger partial charge in [0.25, 0.3) is 0 Å². The van der Waals surface area contributed by atoms with Gasteiger partial charge in [0, 0.05) is 37.2 Å². The zero-order valence-corrected chi connectivity index (χ0v) is 17.9. The first-order valence-electron chi connectivity index (χ1n) is 10.6. The van der Waals surface area contributed by atoms with E-state index < -0.39 is 12.1 Å². The van der Waals surface area contributed by atoms with Crippen molar-refractivity contribution in [3.05, 3.63) is 59.9 Å². The van der Waals surface area contributed by atoms with Gasteiger partial charge in [0.15, 0.2) is 0 Å². The predicted molar refractivity (Wildman–Crippen MR) is 119 cm³/mol. The van der Waals surface area contributed by atoms with Gasteiger partial charge >= 0.3 is 6.09 Å². The van der Waals surface area contributed by atoms with Crippen molar-refractivity contribution in [3.8, 4) is 17.1 Å². The van der Waals surface area contributed by atoms with Crippen LogP contribution in [-0.2, 0) is 4.74 Å². The number of hydrogen-bond donors (Lipinski definition) is 4. The molecule has 3 aromatic rings. The molecule has 2 atom stereocenters. The third kappa shape index (κ3) is 5.43. The number of aromatic amines is 1. The number of H-pyrrole nitrogens is 1. The fourth-order valence-corrected chi connectivity index (χ4v) is 3.59. The highest BCUT2D eigenvalue weighted by Crippen LogP contribution is 2.26. The van der Waals surface area contributed by atoms with Crippen molar-refractivity contribution in [2.45, 2.75) is 31.9 Å². The maximum atomic E-state index is 12.3. The second kappa shape index (κ2) is 10.3. The summed E-state index contributed by atoms with van der Waals surface area (Å²) in [7, 11) is 0.